The average Bonchev–Trinajstić information content (AvgIpc) is 2.97. The minimum Gasteiger partial charge on any atom is -0.466 e. The van der Waals surface area contributed by atoms with Crippen molar-refractivity contribution in [3.63, 3.8) is 0 Å². The lowest BCUT2D eigenvalue weighted by Crippen LogP contribution is -2.38. The number of aliphatic hydroxyl groups is 1. The van der Waals surface area contributed by atoms with Crippen LogP contribution < -0.4 is 4.72 Å². The summed E-state index contributed by atoms with van der Waals surface area (Å²) in [6.07, 6.45) is 4.04. The maximum Gasteiger partial charge on any atom is 0.243 e. The normalized spacial score (nSPS) is 15.3. The summed E-state index contributed by atoms with van der Waals surface area (Å²) in [5.74, 6) is 0.293. The molecule has 104 valence electrons. The van der Waals surface area contributed by atoms with Crippen molar-refractivity contribution in [2.24, 2.45) is 7.05 Å². The zero-order chi connectivity index (χ0) is 14.1. The van der Waals surface area contributed by atoms with Gasteiger partial charge in [0.05, 0.1) is 12.5 Å². The molecule has 2 aromatic rings. The van der Waals surface area contributed by atoms with Gasteiger partial charge in [0, 0.05) is 19.8 Å². The van der Waals surface area contributed by atoms with Crippen LogP contribution in [0.1, 0.15) is 12.7 Å². The first-order chi connectivity index (χ1) is 8.81. The molecule has 2 rings (SSSR count). The Bertz CT molecular complexity index is 643. The summed E-state index contributed by atoms with van der Waals surface area (Å²) in [6.45, 7) is 1.27. The molecule has 0 bridgehead atoms. The van der Waals surface area contributed by atoms with Crippen molar-refractivity contribution in [1.29, 1.82) is 0 Å². The molecule has 0 spiro atoms. The van der Waals surface area contributed by atoms with Gasteiger partial charge >= 0.3 is 0 Å². The second kappa shape index (κ2) is 4.80. The van der Waals surface area contributed by atoms with Crippen molar-refractivity contribution in [3.8, 4) is 0 Å². The lowest BCUT2D eigenvalue weighted by Gasteiger charge is -2.20. The summed E-state index contributed by atoms with van der Waals surface area (Å²) in [5, 5.41) is 13.9. The largest absolute Gasteiger partial charge is 0.466 e. The maximum atomic E-state index is 12.0. The second-order valence-corrected chi connectivity index (χ2v) is 6.19. The van der Waals surface area contributed by atoms with Crippen LogP contribution in [0, 0.1) is 0 Å². The first-order valence-electron chi connectivity index (χ1n) is 5.56. The highest BCUT2D eigenvalue weighted by molar-refractivity contribution is 7.89. The molecule has 0 unspecified atom stereocenters. The average molecular weight is 285 g/mol. The third kappa shape index (κ3) is 3.03. The van der Waals surface area contributed by atoms with Gasteiger partial charge in [-0.2, -0.15) is 5.10 Å². The van der Waals surface area contributed by atoms with Crippen LogP contribution in [0.2, 0.25) is 0 Å². The Kier molecular flexibility index (Phi) is 3.48. The molecular weight excluding hydrogens is 270 g/mol. The van der Waals surface area contributed by atoms with Crippen molar-refractivity contribution in [1.82, 2.24) is 14.5 Å². The fourth-order valence-corrected chi connectivity index (χ4v) is 2.64. The van der Waals surface area contributed by atoms with Crippen molar-refractivity contribution in [3.05, 3.63) is 36.5 Å². The highest BCUT2D eigenvalue weighted by atomic mass is 32.2. The van der Waals surface area contributed by atoms with Crippen LogP contribution in [0.5, 0.6) is 0 Å². The first-order valence-corrected chi connectivity index (χ1v) is 7.04. The van der Waals surface area contributed by atoms with Crippen molar-refractivity contribution >= 4 is 10.0 Å². The summed E-state index contributed by atoms with van der Waals surface area (Å²) in [5.41, 5.74) is -1.42. The molecule has 0 fully saturated rings. The molecule has 2 heterocycles. The monoisotopic (exact) mass is 285 g/mol. The standard InChI is InChI=1S/C11H15N3O4S/c1-11(15,10-4-3-5-18-10)8-13-19(16,17)9-6-12-14(2)7-9/h3-7,13,15H,8H2,1-2H3/t11-/m0/s1. The van der Waals surface area contributed by atoms with Crippen LogP contribution in [0.15, 0.2) is 40.1 Å². The van der Waals surface area contributed by atoms with Gasteiger partial charge in [-0.1, -0.05) is 0 Å². The second-order valence-electron chi connectivity index (χ2n) is 4.43. The van der Waals surface area contributed by atoms with Gasteiger partial charge < -0.3 is 9.52 Å². The van der Waals surface area contributed by atoms with Gasteiger partial charge in [-0.15, -0.1) is 0 Å². The summed E-state index contributed by atoms with van der Waals surface area (Å²) >= 11 is 0. The topological polar surface area (TPSA) is 97.4 Å². The van der Waals surface area contributed by atoms with Gasteiger partial charge in [0.15, 0.2) is 0 Å². The van der Waals surface area contributed by atoms with E-state index in [1.807, 2.05) is 0 Å². The van der Waals surface area contributed by atoms with Crippen LogP contribution in [-0.4, -0.2) is 29.8 Å². The molecule has 7 nitrogen and oxygen atoms in total. The van der Waals surface area contributed by atoms with Gasteiger partial charge in [0.25, 0.3) is 0 Å². The van der Waals surface area contributed by atoms with E-state index < -0.39 is 15.6 Å². The van der Waals surface area contributed by atoms with E-state index in [0.29, 0.717) is 5.76 Å². The predicted molar refractivity (Wildman–Crippen MR) is 66.7 cm³/mol. The van der Waals surface area contributed by atoms with E-state index in [0.717, 1.165) is 0 Å². The Morgan fingerprint density at radius 2 is 2.32 bits per heavy atom. The van der Waals surface area contributed by atoms with Crippen LogP contribution in [-0.2, 0) is 22.7 Å². The van der Waals surface area contributed by atoms with Crippen LogP contribution in [0.4, 0.5) is 0 Å². The van der Waals surface area contributed by atoms with Crippen molar-refractivity contribution in [2.75, 3.05) is 6.54 Å². The Morgan fingerprint density at radius 1 is 1.58 bits per heavy atom. The summed E-state index contributed by atoms with van der Waals surface area (Å²) in [6, 6.07) is 3.21. The fraction of sp³-hybridized carbons (Fsp3) is 0.364. The number of sulfonamides is 1. The molecular formula is C11H15N3O4S. The van der Waals surface area contributed by atoms with Crippen LogP contribution in [0.25, 0.3) is 0 Å². The van der Waals surface area contributed by atoms with Gasteiger partial charge in [-0.3, -0.25) is 4.68 Å². The highest BCUT2D eigenvalue weighted by Crippen LogP contribution is 2.20. The van der Waals surface area contributed by atoms with Gasteiger partial charge in [0.2, 0.25) is 10.0 Å². The van der Waals surface area contributed by atoms with Crippen LogP contribution in [0.3, 0.4) is 0 Å². The van der Waals surface area contributed by atoms with Crippen molar-refractivity contribution in [2.45, 2.75) is 17.4 Å². The Balaban J connectivity index is 2.10. The van der Waals surface area contributed by atoms with E-state index in [1.165, 1.54) is 30.3 Å². The molecule has 19 heavy (non-hydrogen) atoms. The molecule has 2 aromatic heterocycles. The molecule has 0 amide bonds. The third-order valence-electron chi connectivity index (χ3n) is 2.65. The van der Waals surface area contributed by atoms with E-state index in [4.69, 9.17) is 4.42 Å². The molecule has 0 aromatic carbocycles. The number of hydrogen-bond donors (Lipinski definition) is 2. The van der Waals surface area contributed by atoms with E-state index in [-0.39, 0.29) is 11.4 Å². The Labute approximate surface area is 110 Å². The molecule has 0 saturated carbocycles. The smallest absolute Gasteiger partial charge is 0.243 e. The molecule has 1 atom stereocenters. The quantitative estimate of drug-likeness (QED) is 0.818. The van der Waals surface area contributed by atoms with E-state index >= 15 is 0 Å². The molecule has 0 radical (unpaired) electrons. The van der Waals surface area contributed by atoms with Crippen LogP contribution >= 0.6 is 0 Å². The zero-order valence-electron chi connectivity index (χ0n) is 10.6. The molecule has 0 aliphatic carbocycles. The number of furan rings is 1. The van der Waals surface area contributed by atoms with E-state index in [9.17, 15) is 13.5 Å². The first kappa shape index (κ1) is 13.8. The number of rotatable bonds is 5. The maximum absolute atomic E-state index is 12.0. The van der Waals surface area contributed by atoms with Crippen molar-refractivity contribution < 1.29 is 17.9 Å². The third-order valence-corrected chi connectivity index (χ3v) is 4.01. The molecule has 0 saturated heterocycles. The predicted octanol–water partition coefficient (Wildman–Crippen LogP) is 0.199. The number of aromatic nitrogens is 2. The lowest BCUT2D eigenvalue weighted by atomic mass is 10.1. The SMILES string of the molecule is Cn1cc(S(=O)(=O)NC[C@](C)(O)c2ccco2)cn1. The molecule has 2 N–H and O–H groups in total. The number of hydrogen-bond acceptors (Lipinski definition) is 5. The van der Waals surface area contributed by atoms with Gasteiger partial charge in [-0.05, 0) is 19.1 Å². The highest BCUT2D eigenvalue weighted by Gasteiger charge is 2.29. The van der Waals surface area contributed by atoms with Gasteiger partial charge in [0.1, 0.15) is 16.3 Å². The molecule has 8 heteroatoms. The molecule has 0 aliphatic rings. The number of nitrogens with one attached hydrogen (secondary N) is 1. The molecule has 0 aliphatic heterocycles. The number of aryl methyl sites for hydroxylation is 1. The Hall–Kier alpha value is -1.64. The Morgan fingerprint density at radius 3 is 2.84 bits per heavy atom. The summed E-state index contributed by atoms with van der Waals surface area (Å²) in [4.78, 5) is 0.0465. The summed E-state index contributed by atoms with van der Waals surface area (Å²) in [7, 11) is -2.08. The lowest BCUT2D eigenvalue weighted by molar-refractivity contribution is 0.0395. The number of nitrogens with zero attached hydrogens (tertiary/aromatic N) is 2. The van der Waals surface area contributed by atoms with E-state index in [1.54, 1.807) is 19.2 Å². The minimum absolute atomic E-state index is 0.0465. The fourth-order valence-electron chi connectivity index (χ4n) is 1.53. The van der Waals surface area contributed by atoms with Gasteiger partial charge in [-0.25, -0.2) is 13.1 Å². The zero-order valence-corrected chi connectivity index (χ0v) is 11.4. The minimum atomic E-state index is -3.70. The summed E-state index contributed by atoms with van der Waals surface area (Å²) < 4.78 is 32.7. The van der Waals surface area contributed by atoms with E-state index in [2.05, 4.69) is 9.82 Å².